The summed E-state index contributed by atoms with van der Waals surface area (Å²) in [6, 6.07) is 8.38. The van der Waals surface area contributed by atoms with Crippen molar-refractivity contribution in [2.75, 3.05) is 26.2 Å². The van der Waals surface area contributed by atoms with Crippen molar-refractivity contribution in [1.82, 2.24) is 9.80 Å². The minimum absolute atomic E-state index is 0.0143. The van der Waals surface area contributed by atoms with Gasteiger partial charge in [-0.25, -0.2) is 8.78 Å². The van der Waals surface area contributed by atoms with Crippen LogP contribution in [0.2, 0.25) is 0 Å². The van der Waals surface area contributed by atoms with E-state index >= 15 is 0 Å². The first kappa shape index (κ1) is 22.3. The van der Waals surface area contributed by atoms with E-state index in [4.69, 9.17) is 0 Å². The Morgan fingerprint density at radius 1 is 0.969 bits per heavy atom. The third-order valence-corrected chi connectivity index (χ3v) is 6.16. The minimum atomic E-state index is -4.60. The Hall–Kier alpha value is -2.92. The van der Waals surface area contributed by atoms with Gasteiger partial charge in [-0.15, -0.1) is 0 Å². The molecule has 168 valence electrons. The number of amides is 1. The van der Waals surface area contributed by atoms with Crippen molar-refractivity contribution in [3.63, 3.8) is 0 Å². The summed E-state index contributed by atoms with van der Waals surface area (Å²) in [6.45, 7) is 2.48. The maximum Gasteiger partial charge on any atom is 0.416 e. The van der Waals surface area contributed by atoms with Crippen molar-refractivity contribution >= 4 is 5.91 Å². The molecule has 2 fully saturated rings. The van der Waals surface area contributed by atoms with E-state index < -0.39 is 17.6 Å². The molecular weight excluding hydrogens is 427 g/mol. The highest BCUT2D eigenvalue weighted by molar-refractivity contribution is 5.94. The number of benzene rings is 2. The molecule has 2 aromatic carbocycles. The molecule has 1 spiro atoms. The third-order valence-electron chi connectivity index (χ3n) is 6.16. The van der Waals surface area contributed by atoms with Crippen molar-refractivity contribution < 1.29 is 26.7 Å². The zero-order valence-corrected chi connectivity index (χ0v) is 17.2. The van der Waals surface area contributed by atoms with Gasteiger partial charge in [0.05, 0.1) is 5.56 Å². The van der Waals surface area contributed by atoms with E-state index in [1.165, 1.54) is 30.3 Å². The van der Waals surface area contributed by atoms with Gasteiger partial charge in [-0.2, -0.15) is 13.2 Å². The summed E-state index contributed by atoms with van der Waals surface area (Å²) in [5.74, 6) is 3.76. The van der Waals surface area contributed by atoms with Crippen molar-refractivity contribution in [1.29, 1.82) is 0 Å². The van der Waals surface area contributed by atoms with Crippen LogP contribution >= 0.6 is 0 Å². The largest absolute Gasteiger partial charge is 0.416 e. The van der Waals surface area contributed by atoms with Crippen LogP contribution in [0.25, 0.3) is 0 Å². The number of halogens is 5. The molecule has 0 saturated carbocycles. The van der Waals surface area contributed by atoms with E-state index in [0.717, 1.165) is 18.9 Å². The number of carbonyl (C=O) groups excluding carboxylic acids is 1. The summed E-state index contributed by atoms with van der Waals surface area (Å²) in [5.41, 5.74) is -0.322. The molecule has 0 aliphatic carbocycles. The predicted octanol–water partition coefficient (Wildman–Crippen LogP) is 4.46. The van der Waals surface area contributed by atoms with E-state index in [1.807, 2.05) is 4.90 Å². The molecule has 3 nitrogen and oxygen atoms in total. The maximum atomic E-state index is 13.3. The average molecular weight is 448 g/mol. The van der Waals surface area contributed by atoms with Crippen LogP contribution in [0.3, 0.4) is 0 Å². The van der Waals surface area contributed by atoms with Gasteiger partial charge in [-0.3, -0.25) is 9.69 Å². The van der Waals surface area contributed by atoms with Gasteiger partial charge in [0.1, 0.15) is 11.6 Å². The Morgan fingerprint density at radius 3 is 2.22 bits per heavy atom. The zero-order chi connectivity index (χ0) is 22.9. The lowest BCUT2D eigenvalue weighted by Crippen LogP contribution is -2.60. The molecule has 0 N–H and O–H groups in total. The van der Waals surface area contributed by atoms with E-state index in [-0.39, 0.29) is 29.2 Å². The molecule has 0 atom stereocenters. The number of hydrogen-bond donors (Lipinski definition) is 0. The van der Waals surface area contributed by atoms with Crippen molar-refractivity contribution in [2.45, 2.75) is 25.6 Å². The van der Waals surface area contributed by atoms with Crippen LogP contribution in [0.5, 0.6) is 0 Å². The molecule has 2 aliphatic heterocycles. The Balaban J connectivity index is 1.30. The summed E-state index contributed by atoms with van der Waals surface area (Å²) in [5, 5.41) is 0. The van der Waals surface area contributed by atoms with Crippen LogP contribution in [0, 0.1) is 28.9 Å². The molecule has 2 aliphatic rings. The second kappa shape index (κ2) is 8.55. The van der Waals surface area contributed by atoms with Gasteiger partial charge in [0, 0.05) is 44.2 Å². The van der Waals surface area contributed by atoms with Crippen LogP contribution in [0.15, 0.2) is 42.5 Å². The van der Waals surface area contributed by atoms with Crippen LogP contribution in [-0.2, 0) is 17.5 Å². The second-order valence-electron chi connectivity index (χ2n) is 8.49. The number of nitrogens with zero attached hydrogens (tertiary/aromatic N) is 2. The van der Waals surface area contributed by atoms with Gasteiger partial charge < -0.3 is 4.90 Å². The number of piperidine rings is 1. The van der Waals surface area contributed by atoms with Gasteiger partial charge >= 0.3 is 6.18 Å². The van der Waals surface area contributed by atoms with Gasteiger partial charge in [0.25, 0.3) is 5.91 Å². The minimum Gasteiger partial charge on any atom is -0.332 e. The third kappa shape index (κ3) is 4.94. The molecule has 1 amide bonds. The molecule has 0 unspecified atom stereocenters. The van der Waals surface area contributed by atoms with Gasteiger partial charge in [-0.05, 0) is 60.2 Å². The Labute approximate surface area is 182 Å². The van der Waals surface area contributed by atoms with E-state index in [2.05, 4.69) is 11.8 Å². The molecule has 8 heteroatoms. The Bertz CT molecular complexity index is 1050. The molecule has 4 rings (SSSR count). The van der Waals surface area contributed by atoms with Gasteiger partial charge in [0.2, 0.25) is 0 Å². The van der Waals surface area contributed by atoms with Crippen LogP contribution in [-0.4, -0.2) is 41.9 Å². The van der Waals surface area contributed by atoms with Crippen LogP contribution in [0.1, 0.15) is 29.5 Å². The van der Waals surface area contributed by atoms with Gasteiger partial charge in [-0.1, -0.05) is 12.0 Å². The molecule has 2 aromatic rings. The highest BCUT2D eigenvalue weighted by Gasteiger charge is 2.45. The zero-order valence-electron chi connectivity index (χ0n) is 17.2. The fourth-order valence-electron chi connectivity index (χ4n) is 4.44. The smallest absolute Gasteiger partial charge is 0.332 e. The summed E-state index contributed by atoms with van der Waals surface area (Å²) < 4.78 is 65.8. The number of alkyl halides is 3. The highest BCUT2D eigenvalue weighted by Crippen LogP contribution is 2.42. The average Bonchev–Trinajstić information content (AvgIpc) is 2.73. The highest BCUT2D eigenvalue weighted by atomic mass is 19.4. The SMILES string of the molecule is O=C(C#Cc1ccc(F)cc1)N1CCC2(CC1)CN(Cc1ccc(F)cc1C(F)(F)F)C2. The van der Waals surface area contributed by atoms with Crippen LogP contribution < -0.4 is 0 Å². The summed E-state index contributed by atoms with van der Waals surface area (Å²) >= 11 is 0. The fourth-order valence-corrected chi connectivity index (χ4v) is 4.44. The number of carbonyl (C=O) groups is 1. The number of likely N-dealkylation sites (tertiary alicyclic amines) is 2. The summed E-state index contributed by atoms with van der Waals surface area (Å²) in [6.07, 6.45) is -3.09. The van der Waals surface area contributed by atoms with Crippen molar-refractivity contribution in [2.24, 2.45) is 5.41 Å². The van der Waals surface area contributed by atoms with E-state index in [1.54, 1.807) is 4.90 Å². The molecule has 0 bridgehead atoms. The lowest BCUT2D eigenvalue weighted by atomic mass is 9.72. The monoisotopic (exact) mass is 448 g/mol. The number of hydrogen-bond acceptors (Lipinski definition) is 2. The lowest BCUT2D eigenvalue weighted by molar-refractivity contribution is -0.139. The molecule has 0 aromatic heterocycles. The first-order valence-electron chi connectivity index (χ1n) is 10.3. The molecule has 32 heavy (non-hydrogen) atoms. The first-order chi connectivity index (χ1) is 15.1. The van der Waals surface area contributed by atoms with Crippen molar-refractivity contribution in [3.05, 3.63) is 70.8 Å². The fraction of sp³-hybridized carbons (Fsp3) is 0.375. The normalized spacial score (nSPS) is 18.1. The maximum absolute atomic E-state index is 13.3. The summed E-state index contributed by atoms with van der Waals surface area (Å²) in [4.78, 5) is 15.9. The van der Waals surface area contributed by atoms with Crippen LogP contribution in [0.4, 0.5) is 22.0 Å². The topological polar surface area (TPSA) is 23.6 Å². The van der Waals surface area contributed by atoms with Crippen molar-refractivity contribution in [3.8, 4) is 11.8 Å². The van der Waals surface area contributed by atoms with Gasteiger partial charge in [0.15, 0.2) is 0 Å². The standard InChI is InChI=1S/C24H21F5N2O/c25-19-5-1-17(2-6-19)3-8-22(32)31-11-9-23(10-12-31)15-30(16-23)14-18-4-7-20(26)13-21(18)24(27,28)29/h1-2,4-7,13H,9-12,14-16H2. The number of rotatable bonds is 2. The van der Waals surface area contributed by atoms with E-state index in [9.17, 15) is 26.7 Å². The first-order valence-corrected chi connectivity index (χ1v) is 10.3. The lowest BCUT2D eigenvalue weighted by Gasteiger charge is -2.54. The molecule has 2 saturated heterocycles. The Kier molecular flexibility index (Phi) is 5.95. The quantitative estimate of drug-likeness (QED) is 0.501. The predicted molar refractivity (Wildman–Crippen MR) is 108 cm³/mol. The Morgan fingerprint density at radius 2 is 1.59 bits per heavy atom. The van der Waals surface area contributed by atoms with E-state index in [0.29, 0.717) is 37.8 Å². The molecular formula is C24H21F5N2O. The molecule has 0 radical (unpaired) electrons. The molecule has 2 heterocycles. The summed E-state index contributed by atoms with van der Waals surface area (Å²) in [7, 11) is 0. The second-order valence-corrected chi connectivity index (χ2v) is 8.49.